The molecule has 0 aliphatic carbocycles. The van der Waals surface area contributed by atoms with Crippen LogP contribution < -0.4 is 11.0 Å². The van der Waals surface area contributed by atoms with E-state index in [1.807, 2.05) is 0 Å². The minimum Gasteiger partial charge on any atom is -0.366 e. The van der Waals surface area contributed by atoms with Crippen molar-refractivity contribution in [3.05, 3.63) is 24.0 Å². The van der Waals surface area contributed by atoms with Crippen LogP contribution in [0.5, 0.6) is 0 Å². The quantitative estimate of drug-likeness (QED) is 0.700. The molecular weight excluding hydrogens is 187 g/mol. The van der Waals surface area contributed by atoms with Crippen molar-refractivity contribution in [1.82, 2.24) is 4.98 Å². The lowest BCUT2D eigenvalue weighted by atomic mass is 10.2. The van der Waals surface area contributed by atoms with Gasteiger partial charge in [0, 0.05) is 17.7 Å². The fourth-order valence-electron chi connectivity index (χ4n) is 1.02. The van der Waals surface area contributed by atoms with Crippen molar-refractivity contribution >= 4 is 18.4 Å². The number of pyridine rings is 1. The number of nitrogens with two attached hydrogens (primary N) is 1. The Labute approximate surface area is 76.5 Å². The predicted molar refractivity (Wildman–Crippen MR) is 51.8 cm³/mol. The summed E-state index contributed by atoms with van der Waals surface area (Å²) in [6.45, 7) is 3.16. The van der Waals surface area contributed by atoms with Gasteiger partial charge in [0.2, 0.25) is 5.91 Å². The topological polar surface area (TPSA) is 73.1 Å². The van der Waals surface area contributed by atoms with Crippen LogP contribution in [-0.2, 0) is 4.57 Å². The van der Waals surface area contributed by atoms with Gasteiger partial charge in [0.25, 0.3) is 0 Å². The fraction of sp³-hybridized carbons (Fsp3) is 0.250. The smallest absolute Gasteiger partial charge is 0.249 e. The van der Waals surface area contributed by atoms with Crippen LogP contribution in [-0.4, -0.2) is 24.2 Å². The van der Waals surface area contributed by atoms with Crippen LogP contribution in [0.4, 0.5) is 0 Å². The van der Waals surface area contributed by atoms with Crippen molar-refractivity contribution in [3.63, 3.8) is 0 Å². The first-order valence-electron chi connectivity index (χ1n) is 3.72. The van der Waals surface area contributed by atoms with E-state index in [4.69, 9.17) is 5.73 Å². The number of primary amides is 1. The number of carbonyl (C=O) groups is 1. The average Bonchev–Trinajstić information content (AvgIpc) is 2.03. The highest BCUT2D eigenvalue weighted by molar-refractivity contribution is 7.70. The first-order valence-corrected chi connectivity index (χ1v) is 6.32. The third kappa shape index (κ3) is 2.16. The van der Waals surface area contributed by atoms with Gasteiger partial charge in [0.1, 0.15) is 7.14 Å². The van der Waals surface area contributed by atoms with Gasteiger partial charge in [-0.1, -0.05) is 0 Å². The minimum atomic E-state index is -2.47. The molecule has 0 spiro atoms. The molecule has 1 heterocycles. The second-order valence-electron chi connectivity index (χ2n) is 3.11. The summed E-state index contributed by atoms with van der Waals surface area (Å²) >= 11 is 0. The van der Waals surface area contributed by atoms with Gasteiger partial charge in [-0.3, -0.25) is 9.78 Å². The lowest BCUT2D eigenvalue weighted by molar-refractivity contribution is 0.100. The highest BCUT2D eigenvalue weighted by Crippen LogP contribution is 2.35. The molecule has 0 bridgehead atoms. The Kier molecular flexibility index (Phi) is 2.52. The van der Waals surface area contributed by atoms with Crippen molar-refractivity contribution in [2.45, 2.75) is 0 Å². The summed E-state index contributed by atoms with van der Waals surface area (Å²) in [4.78, 5) is 14.8. The van der Waals surface area contributed by atoms with E-state index in [1.165, 1.54) is 18.5 Å². The second kappa shape index (κ2) is 3.30. The molecular formula is C8H11N2O2P. The van der Waals surface area contributed by atoms with Gasteiger partial charge in [-0.25, -0.2) is 0 Å². The molecule has 0 radical (unpaired) electrons. The van der Waals surface area contributed by atoms with E-state index in [0.29, 0.717) is 10.9 Å². The van der Waals surface area contributed by atoms with Gasteiger partial charge < -0.3 is 10.3 Å². The van der Waals surface area contributed by atoms with E-state index in [-0.39, 0.29) is 0 Å². The van der Waals surface area contributed by atoms with Crippen molar-refractivity contribution in [2.75, 3.05) is 13.3 Å². The van der Waals surface area contributed by atoms with Crippen molar-refractivity contribution < 1.29 is 9.36 Å². The van der Waals surface area contributed by atoms with Gasteiger partial charge in [-0.05, 0) is 19.4 Å². The van der Waals surface area contributed by atoms with E-state index in [1.54, 1.807) is 13.3 Å². The number of amides is 1. The van der Waals surface area contributed by atoms with Crippen LogP contribution >= 0.6 is 7.14 Å². The minimum absolute atomic E-state index is 0.295. The summed E-state index contributed by atoms with van der Waals surface area (Å²) in [5, 5.41) is 0.447. The predicted octanol–water partition coefficient (Wildman–Crippen LogP) is 0.428. The summed E-state index contributed by atoms with van der Waals surface area (Å²) in [5.41, 5.74) is 5.42. The van der Waals surface area contributed by atoms with Gasteiger partial charge in [0.15, 0.2) is 0 Å². The van der Waals surface area contributed by atoms with E-state index in [0.717, 1.165) is 0 Å². The van der Waals surface area contributed by atoms with E-state index < -0.39 is 13.0 Å². The molecule has 1 amide bonds. The molecule has 0 aliphatic rings. The highest BCUT2D eigenvalue weighted by atomic mass is 31.2. The van der Waals surface area contributed by atoms with E-state index in [9.17, 15) is 9.36 Å². The Hall–Kier alpha value is -1.15. The molecule has 0 fully saturated rings. The number of hydrogen-bond acceptors (Lipinski definition) is 3. The van der Waals surface area contributed by atoms with Crippen molar-refractivity contribution in [2.24, 2.45) is 5.73 Å². The SMILES string of the molecule is CP(C)(=O)c1cnccc1C(N)=O. The van der Waals surface area contributed by atoms with Crippen LogP contribution in [0, 0.1) is 0 Å². The summed E-state index contributed by atoms with van der Waals surface area (Å²) in [6.07, 6.45) is 2.89. The van der Waals surface area contributed by atoms with Gasteiger partial charge in [-0.2, -0.15) is 0 Å². The Morgan fingerprint density at radius 2 is 2.15 bits per heavy atom. The maximum atomic E-state index is 11.7. The maximum absolute atomic E-state index is 11.7. The van der Waals surface area contributed by atoms with Crippen LogP contribution in [0.15, 0.2) is 18.5 Å². The summed E-state index contributed by atoms with van der Waals surface area (Å²) in [6, 6.07) is 1.48. The molecule has 1 rings (SSSR count). The average molecular weight is 198 g/mol. The molecule has 70 valence electrons. The zero-order valence-corrected chi connectivity index (χ0v) is 8.41. The molecule has 0 aromatic carbocycles. The van der Waals surface area contributed by atoms with Gasteiger partial charge >= 0.3 is 0 Å². The molecule has 0 saturated heterocycles. The molecule has 0 atom stereocenters. The van der Waals surface area contributed by atoms with Crippen LogP contribution in [0.1, 0.15) is 10.4 Å². The van der Waals surface area contributed by atoms with Gasteiger partial charge in [-0.15, -0.1) is 0 Å². The Balaban J connectivity index is 3.37. The van der Waals surface area contributed by atoms with Crippen molar-refractivity contribution in [3.8, 4) is 0 Å². The third-order valence-electron chi connectivity index (χ3n) is 1.65. The van der Waals surface area contributed by atoms with Crippen LogP contribution in [0.2, 0.25) is 0 Å². The zero-order chi connectivity index (χ0) is 10.1. The summed E-state index contributed by atoms with van der Waals surface area (Å²) in [5.74, 6) is -0.568. The zero-order valence-electron chi connectivity index (χ0n) is 7.52. The molecule has 0 saturated carbocycles. The molecule has 2 N–H and O–H groups in total. The standard InChI is InChI=1S/C8H11N2O2P/c1-13(2,12)7-5-10-4-3-6(7)8(9)11/h3-5H,1-2H3,(H2,9,11). The normalized spacial score (nSPS) is 11.2. The molecule has 0 aliphatic heterocycles. The lowest BCUT2D eigenvalue weighted by Gasteiger charge is -2.09. The second-order valence-corrected chi connectivity index (χ2v) is 6.29. The van der Waals surface area contributed by atoms with Crippen LogP contribution in [0.25, 0.3) is 0 Å². The summed E-state index contributed by atoms with van der Waals surface area (Å²) in [7, 11) is -2.47. The molecule has 1 aromatic rings. The Bertz CT molecular complexity index is 383. The number of rotatable bonds is 2. The molecule has 13 heavy (non-hydrogen) atoms. The number of nitrogens with zero attached hydrogens (tertiary/aromatic N) is 1. The molecule has 1 aromatic heterocycles. The number of carbonyl (C=O) groups excluding carboxylic acids is 1. The molecule has 0 unspecified atom stereocenters. The highest BCUT2D eigenvalue weighted by Gasteiger charge is 2.18. The van der Waals surface area contributed by atoms with Crippen molar-refractivity contribution in [1.29, 1.82) is 0 Å². The number of hydrogen-bond donors (Lipinski definition) is 1. The lowest BCUT2D eigenvalue weighted by Crippen LogP contribution is -2.21. The third-order valence-corrected chi connectivity index (χ3v) is 3.16. The molecule has 5 heteroatoms. The monoisotopic (exact) mass is 198 g/mol. The fourth-order valence-corrected chi connectivity index (χ4v) is 2.13. The number of aromatic nitrogens is 1. The first-order chi connectivity index (χ1) is 5.93. The molecule has 4 nitrogen and oxygen atoms in total. The maximum Gasteiger partial charge on any atom is 0.249 e. The summed E-state index contributed by atoms with van der Waals surface area (Å²) < 4.78 is 11.7. The van der Waals surface area contributed by atoms with E-state index in [2.05, 4.69) is 4.98 Å². The first kappa shape index (κ1) is 9.93. The largest absolute Gasteiger partial charge is 0.366 e. The van der Waals surface area contributed by atoms with Crippen LogP contribution in [0.3, 0.4) is 0 Å². The Morgan fingerprint density at radius 1 is 1.54 bits per heavy atom. The van der Waals surface area contributed by atoms with Gasteiger partial charge in [0.05, 0.1) is 5.56 Å². The van der Waals surface area contributed by atoms with E-state index >= 15 is 0 Å². The Morgan fingerprint density at radius 3 is 2.54 bits per heavy atom.